The number of halogens is 1. The summed E-state index contributed by atoms with van der Waals surface area (Å²) >= 11 is 2.44. The molecule has 1 fully saturated rings. The van der Waals surface area contributed by atoms with Gasteiger partial charge in [-0.05, 0) is 20.0 Å². The second-order valence-corrected chi connectivity index (χ2v) is 4.33. The third kappa shape index (κ3) is 2.05. The highest BCUT2D eigenvalue weighted by atomic mass is 127. The standard InChI is InChI=1S/C6H13IN2/c1-9-3-2-5(7)6(8)4-9/h5-6H,2-4,8H2,1H3. The zero-order valence-electron chi connectivity index (χ0n) is 5.68. The number of likely N-dealkylation sites (N-methyl/N-ethyl adjacent to an activating group) is 1. The lowest BCUT2D eigenvalue weighted by Gasteiger charge is -2.31. The van der Waals surface area contributed by atoms with E-state index in [9.17, 15) is 0 Å². The number of alkyl halides is 1. The van der Waals surface area contributed by atoms with Crippen molar-refractivity contribution in [3.8, 4) is 0 Å². The summed E-state index contributed by atoms with van der Waals surface area (Å²) in [7, 11) is 2.13. The first-order valence-corrected chi connectivity index (χ1v) is 4.53. The van der Waals surface area contributed by atoms with Gasteiger partial charge in [0.05, 0.1) is 0 Å². The average molecular weight is 240 g/mol. The first kappa shape index (κ1) is 7.75. The van der Waals surface area contributed by atoms with Crippen LogP contribution in [0.4, 0.5) is 0 Å². The lowest BCUT2D eigenvalue weighted by atomic mass is 10.1. The molecule has 0 bridgehead atoms. The second-order valence-electron chi connectivity index (χ2n) is 2.73. The molecule has 54 valence electrons. The van der Waals surface area contributed by atoms with Gasteiger partial charge in [-0.2, -0.15) is 0 Å². The molecule has 0 spiro atoms. The summed E-state index contributed by atoms with van der Waals surface area (Å²) in [5.41, 5.74) is 5.82. The molecule has 2 unspecified atom stereocenters. The molecule has 0 aromatic carbocycles. The van der Waals surface area contributed by atoms with E-state index in [1.807, 2.05) is 0 Å². The van der Waals surface area contributed by atoms with Crippen molar-refractivity contribution in [3.63, 3.8) is 0 Å². The molecule has 9 heavy (non-hydrogen) atoms. The predicted octanol–water partition coefficient (Wildman–Crippen LogP) is 0.453. The van der Waals surface area contributed by atoms with E-state index in [1.165, 1.54) is 13.0 Å². The normalized spacial score (nSPS) is 39.0. The molecular weight excluding hydrogens is 227 g/mol. The zero-order chi connectivity index (χ0) is 6.85. The number of hydrogen-bond acceptors (Lipinski definition) is 2. The highest BCUT2D eigenvalue weighted by Gasteiger charge is 2.21. The Bertz CT molecular complexity index is 97.1. The van der Waals surface area contributed by atoms with E-state index in [2.05, 4.69) is 34.5 Å². The van der Waals surface area contributed by atoms with E-state index in [1.54, 1.807) is 0 Å². The van der Waals surface area contributed by atoms with Gasteiger partial charge in [-0.1, -0.05) is 22.6 Å². The summed E-state index contributed by atoms with van der Waals surface area (Å²) in [6, 6.07) is 0.393. The number of hydrogen-bond donors (Lipinski definition) is 1. The van der Waals surface area contributed by atoms with Crippen molar-refractivity contribution in [1.29, 1.82) is 0 Å². The third-order valence-electron chi connectivity index (χ3n) is 1.77. The van der Waals surface area contributed by atoms with Gasteiger partial charge in [0, 0.05) is 16.5 Å². The summed E-state index contributed by atoms with van der Waals surface area (Å²) in [5, 5.41) is 0. The van der Waals surface area contributed by atoms with Gasteiger partial charge in [-0.25, -0.2) is 0 Å². The fourth-order valence-electron chi connectivity index (χ4n) is 1.12. The summed E-state index contributed by atoms with van der Waals surface area (Å²) in [6.07, 6.45) is 1.25. The van der Waals surface area contributed by atoms with E-state index in [-0.39, 0.29) is 0 Å². The Morgan fingerprint density at radius 3 is 2.78 bits per heavy atom. The third-order valence-corrected chi connectivity index (χ3v) is 3.32. The van der Waals surface area contributed by atoms with Gasteiger partial charge in [0.2, 0.25) is 0 Å². The Morgan fingerprint density at radius 1 is 1.67 bits per heavy atom. The minimum Gasteiger partial charge on any atom is -0.326 e. The number of rotatable bonds is 0. The molecule has 0 aliphatic carbocycles. The molecule has 1 aliphatic rings. The minimum absolute atomic E-state index is 0.393. The van der Waals surface area contributed by atoms with Crippen LogP contribution in [0.3, 0.4) is 0 Å². The molecule has 1 heterocycles. The van der Waals surface area contributed by atoms with Crippen molar-refractivity contribution < 1.29 is 0 Å². The zero-order valence-corrected chi connectivity index (χ0v) is 7.84. The van der Waals surface area contributed by atoms with Gasteiger partial charge < -0.3 is 10.6 Å². The van der Waals surface area contributed by atoms with Crippen LogP contribution in [-0.4, -0.2) is 35.0 Å². The van der Waals surface area contributed by atoms with Crippen molar-refractivity contribution in [2.45, 2.75) is 16.4 Å². The molecule has 2 N–H and O–H groups in total. The minimum atomic E-state index is 0.393. The predicted molar refractivity (Wildman–Crippen MR) is 47.9 cm³/mol. The lowest BCUT2D eigenvalue weighted by Crippen LogP contribution is -2.47. The molecule has 0 saturated carbocycles. The molecule has 2 atom stereocenters. The van der Waals surface area contributed by atoms with Gasteiger partial charge in [0.25, 0.3) is 0 Å². The molecular formula is C6H13IN2. The molecule has 3 heteroatoms. The second kappa shape index (κ2) is 3.16. The van der Waals surface area contributed by atoms with Crippen molar-refractivity contribution in [3.05, 3.63) is 0 Å². The maximum Gasteiger partial charge on any atom is 0.0287 e. The highest BCUT2D eigenvalue weighted by molar-refractivity contribution is 14.1. The Labute approximate surface area is 69.9 Å². The van der Waals surface area contributed by atoms with Gasteiger partial charge in [0.15, 0.2) is 0 Å². The van der Waals surface area contributed by atoms with Gasteiger partial charge in [-0.3, -0.25) is 0 Å². The van der Waals surface area contributed by atoms with Crippen LogP contribution < -0.4 is 5.73 Å². The Morgan fingerprint density at radius 2 is 2.33 bits per heavy atom. The number of likely N-dealkylation sites (tertiary alicyclic amines) is 1. The van der Waals surface area contributed by atoms with Crippen molar-refractivity contribution in [2.24, 2.45) is 5.73 Å². The molecule has 1 saturated heterocycles. The summed E-state index contributed by atoms with van der Waals surface area (Å²) in [5.74, 6) is 0. The molecule has 0 aromatic heterocycles. The highest BCUT2D eigenvalue weighted by Crippen LogP contribution is 2.15. The van der Waals surface area contributed by atoms with Crippen LogP contribution in [0.2, 0.25) is 0 Å². The van der Waals surface area contributed by atoms with Gasteiger partial charge in [-0.15, -0.1) is 0 Å². The largest absolute Gasteiger partial charge is 0.326 e. The van der Waals surface area contributed by atoms with Gasteiger partial charge >= 0.3 is 0 Å². The van der Waals surface area contributed by atoms with Crippen molar-refractivity contribution in [1.82, 2.24) is 4.90 Å². The average Bonchev–Trinajstić information content (AvgIpc) is 1.80. The van der Waals surface area contributed by atoms with Crippen LogP contribution >= 0.6 is 22.6 Å². The van der Waals surface area contributed by atoms with E-state index >= 15 is 0 Å². The molecule has 0 amide bonds. The Hall–Kier alpha value is 0.650. The van der Waals surface area contributed by atoms with E-state index in [0.717, 1.165) is 6.54 Å². The topological polar surface area (TPSA) is 29.3 Å². The molecule has 1 rings (SSSR count). The summed E-state index contributed by atoms with van der Waals surface area (Å²) in [4.78, 5) is 2.29. The Balaban J connectivity index is 2.35. The smallest absolute Gasteiger partial charge is 0.0287 e. The first-order valence-electron chi connectivity index (χ1n) is 3.28. The lowest BCUT2D eigenvalue weighted by molar-refractivity contribution is 0.262. The van der Waals surface area contributed by atoms with E-state index in [0.29, 0.717) is 9.97 Å². The number of piperidine rings is 1. The van der Waals surface area contributed by atoms with Crippen LogP contribution in [0, 0.1) is 0 Å². The van der Waals surface area contributed by atoms with Crippen LogP contribution in [0.15, 0.2) is 0 Å². The van der Waals surface area contributed by atoms with E-state index in [4.69, 9.17) is 5.73 Å². The van der Waals surface area contributed by atoms with Crippen molar-refractivity contribution in [2.75, 3.05) is 20.1 Å². The molecule has 2 nitrogen and oxygen atoms in total. The van der Waals surface area contributed by atoms with Crippen LogP contribution in [0.5, 0.6) is 0 Å². The van der Waals surface area contributed by atoms with Crippen LogP contribution in [0.1, 0.15) is 6.42 Å². The first-order chi connectivity index (χ1) is 4.20. The molecule has 0 radical (unpaired) electrons. The number of nitrogens with zero attached hydrogens (tertiary/aromatic N) is 1. The fraction of sp³-hybridized carbons (Fsp3) is 1.00. The quantitative estimate of drug-likeness (QED) is 0.492. The van der Waals surface area contributed by atoms with Crippen LogP contribution in [0.25, 0.3) is 0 Å². The van der Waals surface area contributed by atoms with Crippen LogP contribution in [-0.2, 0) is 0 Å². The van der Waals surface area contributed by atoms with Gasteiger partial charge in [0.1, 0.15) is 0 Å². The Kier molecular flexibility index (Phi) is 2.73. The number of nitrogens with two attached hydrogens (primary N) is 1. The van der Waals surface area contributed by atoms with E-state index < -0.39 is 0 Å². The summed E-state index contributed by atoms with van der Waals surface area (Å²) < 4.78 is 0.693. The van der Waals surface area contributed by atoms with Crippen molar-refractivity contribution >= 4 is 22.6 Å². The maximum atomic E-state index is 5.82. The fourth-order valence-corrected chi connectivity index (χ4v) is 1.63. The molecule has 1 aliphatic heterocycles. The monoisotopic (exact) mass is 240 g/mol. The molecule has 0 aromatic rings. The summed E-state index contributed by atoms with van der Waals surface area (Å²) in [6.45, 7) is 2.27. The maximum absolute atomic E-state index is 5.82. The SMILES string of the molecule is CN1CCC(I)C(N)C1.